The largest absolute Gasteiger partial charge is 0.466 e. The molecule has 158 valence electrons. The molecule has 0 radical (unpaired) electrons. The molecule has 1 aliphatic rings. The van der Waals surface area contributed by atoms with Crippen molar-refractivity contribution in [2.75, 3.05) is 38.4 Å². The molecule has 1 heterocycles. The second kappa shape index (κ2) is 11.2. The van der Waals surface area contributed by atoms with E-state index in [0.717, 1.165) is 0 Å². The van der Waals surface area contributed by atoms with Crippen LogP contribution in [-0.4, -0.2) is 50.4 Å². The van der Waals surface area contributed by atoms with Gasteiger partial charge in [-0.3, -0.25) is 0 Å². The number of nitrogens with two attached hydrogens (primary N) is 1. The van der Waals surface area contributed by atoms with Gasteiger partial charge in [0, 0.05) is 28.8 Å². The first-order chi connectivity index (χ1) is 14.0. The van der Waals surface area contributed by atoms with Crippen molar-refractivity contribution in [2.24, 2.45) is 5.73 Å². The summed E-state index contributed by atoms with van der Waals surface area (Å²) in [5.41, 5.74) is 6.77. The normalized spacial score (nSPS) is 16.5. The van der Waals surface area contributed by atoms with Gasteiger partial charge in [-0.1, -0.05) is 29.8 Å². The van der Waals surface area contributed by atoms with Crippen LogP contribution >= 0.6 is 23.4 Å². The molecule has 2 rings (SSSR count). The van der Waals surface area contributed by atoms with Crippen LogP contribution < -0.4 is 11.1 Å². The van der Waals surface area contributed by atoms with Crippen molar-refractivity contribution in [3.8, 4) is 0 Å². The van der Waals surface area contributed by atoms with E-state index in [9.17, 15) is 14.0 Å². The molecular formula is C20H24ClFN2O4S. The topological polar surface area (TPSA) is 90.6 Å². The van der Waals surface area contributed by atoms with Gasteiger partial charge in [-0.25, -0.2) is 14.0 Å². The third-order valence-corrected chi connectivity index (χ3v) is 5.65. The fourth-order valence-electron chi connectivity index (χ4n) is 3.11. The molecule has 9 heteroatoms. The van der Waals surface area contributed by atoms with Crippen LogP contribution in [-0.2, 0) is 19.1 Å². The maximum Gasteiger partial charge on any atom is 0.336 e. The van der Waals surface area contributed by atoms with E-state index in [1.807, 2.05) is 0 Å². The molecule has 0 amide bonds. The second-order valence-electron chi connectivity index (χ2n) is 6.05. The number of nitrogens with one attached hydrogen (secondary N) is 1. The summed E-state index contributed by atoms with van der Waals surface area (Å²) in [4.78, 5) is 25.5. The number of dihydropyridines is 1. The molecule has 0 bridgehead atoms. The molecular weight excluding hydrogens is 419 g/mol. The van der Waals surface area contributed by atoms with E-state index in [1.54, 1.807) is 31.2 Å². The van der Waals surface area contributed by atoms with E-state index >= 15 is 0 Å². The lowest BCUT2D eigenvalue weighted by atomic mass is 9.80. The zero-order chi connectivity index (χ0) is 21.4. The Morgan fingerprint density at radius 3 is 2.52 bits per heavy atom. The monoisotopic (exact) mass is 442 g/mol. The zero-order valence-corrected chi connectivity index (χ0v) is 17.9. The molecule has 0 aliphatic carbocycles. The highest BCUT2D eigenvalue weighted by atomic mass is 35.5. The number of thioether (sulfide) groups is 1. The van der Waals surface area contributed by atoms with Crippen molar-refractivity contribution in [1.29, 1.82) is 0 Å². The van der Waals surface area contributed by atoms with Crippen molar-refractivity contribution in [2.45, 2.75) is 12.8 Å². The van der Waals surface area contributed by atoms with Crippen LogP contribution in [0.25, 0.3) is 0 Å². The highest BCUT2D eigenvalue weighted by molar-refractivity contribution is 7.99. The molecule has 1 unspecified atom stereocenters. The van der Waals surface area contributed by atoms with Gasteiger partial charge in [-0.05, 0) is 18.6 Å². The predicted octanol–water partition coefficient (Wildman–Crippen LogP) is 2.93. The van der Waals surface area contributed by atoms with Crippen LogP contribution in [0.5, 0.6) is 0 Å². The maximum atomic E-state index is 13.9. The number of allylic oxidation sites excluding steroid dienone is 1. The Balaban J connectivity index is 2.72. The first-order valence-corrected chi connectivity index (χ1v) is 10.6. The van der Waals surface area contributed by atoms with Gasteiger partial charge in [-0.15, -0.1) is 0 Å². The van der Waals surface area contributed by atoms with Gasteiger partial charge in [0.1, 0.15) is 6.67 Å². The van der Waals surface area contributed by atoms with E-state index in [4.69, 9.17) is 26.8 Å². The number of carbonyl (C=O) groups is 2. The number of benzene rings is 1. The van der Waals surface area contributed by atoms with E-state index in [1.165, 1.54) is 18.9 Å². The van der Waals surface area contributed by atoms with Gasteiger partial charge in [-0.2, -0.15) is 11.8 Å². The number of methoxy groups -OCH3 is 1. The summed E-state index contributed by atoms with van der Waals surface area (Å²) >= 11 is 7.88. The Kier molecular flexibility index (Phi) is 9.00. The van der Waals surface area contributed by atoms with Gasteiger partial charge < -0.3 is 20.5 Å². The number of alkyl halides is 1. The molecule has 1 atom stereocenters. The van der Waals surface area contributed by atoms with Crippen LogP contribution in [0.2, 0.25) is 5.02 Å². The number of esters is 2. The van der Waals surface area contributed by atoms with E-state index < -0.39 is 24.5 Å². The van der Waals surface area contributed by atoms with Crippen molar-refractivity contribution in [3.05, 3.63) is 57.4 Å². The van der Waals surface area contributed by atoms with E-state index in [-0.39, 0.29) is 23.5 Å². The van der Waals surface area contributed by atoms with Crippen molar-refractivity contribution >= 4 is 35.3 Å². The van der Waals surface area contributed by atoms with Crippen LogP contribution in [0.15, 0.2) is 46.8 Å². The van der Waals surface area contributed by atoms with Gasteiger partial charge in [0.15, 0.2) is 0 Å². The molecule has 0 saturated carbocycles. The van der Waals surface area contributed by atoms with Crippen LogP contribution in [0.3, 0.4) is 0 Å². The molecule has 0 aromatic heterocycles. The summed E-state index contributed by atoms with van der Waals surface area (Å²) in [7, 11) is 1.20. The standard InChI is InChI=1S/C20H24ClFN2O4S/c1-3-28-20(26)18-15(11-29-9-8-23)24-14(10-22)17(19(25)27-2)16(18)12-6-4-5-7-13(12)21/h4-7,16,24H,3,8-11,23H2,1-2H3. The summed E-state index contributed by atoms with van der Waals surface area (Å²) in [6.07, 6.45) is 0. The highest BCUT2D eigenvalue weighted by Gasteiger charge is 2.40. The minimum Gasteiger partial charge on any atom is -0.466 e. The minimum atomic E-state index is -0.938. The Labute approximate surface area is 178 Å². The number of halogens is 2. The number of rotatable bonds is 9. The Morgan fingerprint density at radius 1 is 1.24 bits per heavy atom. The van der Waals surface area contributed by atoms with Gasteiger partial charge in [0.25, 0.3) is 0 Å². The third-order valence-electron chi connectivity index (χ3n) is 4.29. The minimum absolute atomic E-state index is 0.00118. The predicted molar refractivity (Wildman–Crippen MR) is 112 cm³/mol. The van der Waals surface area contributed by atoms with Crippen molar-refractivity contribution in [3.63, 3.8) is 0 Å². The summed E-state index contributed by atoms with van der Waals surface area (Å²) in [5.74, 6) is -1.25. The number of hydrogen-bond donors (Lipinski definition) is 2. The summed E-state index contributed by atoms with van der Waals surface area (Å²) in [6.45, 7) is 1.35. The fourth-order valence-corrected chi connectivity index (χ4v) is 4.10. The maximum absolute atomic E-state index is 13.9. The average Bonchev–Trinajstić information content (AvgIpc) is 2.72. The lowest BCUT2D eigenvalue weighted by Gasteiger charge is -2.32. The quantitative estimate of drug-likeness (QED) is 0.448. The van der Waals surface area contributed by atoms with Gasteiger partial charge in [0.05, 0.1) is 36.5 Å². The van der Waals surface area contributed by atoms with E-state index in [2.05, 4.69) is 5.32 Å². The molecule has 0 spiro atoms. The van der Waals surface area contributed by atoms with Crippen molar-refractivity contribution in [1.82, 2.24) is 5.32 Å². The average molecular weight is 443 g/mol. The Morgan fingerprint density at radius 2 is 1.93 bits per heavy atom. The third kappa shape index (κ3) is 5.32. The van der Waals surface area contributed by atoms with E-state index in [0.29, 0.717) is 34.3 Å². The van der Waals surface area contributed by atoms with Crippen LogP contribution in [0.4, 0.5) is 4.39 Å². The highest BCUT2D eigenvalue weighted by Crippen LogP contribution is 2.42. The second-order valence-corrected chi connectivity index (χ2v) is 7.56. The fraction of sp³-hybridized carbons (Fsp3) is 0.400. The Hall–Kier alpha value is -2.03. The molecule has 6 nitrogen and oxygen atoms in total. The number of ether oxygens (including phenoxy) is 2. The molecule has 0 fully saturated rings. The Bertz CT molecular complexity index is 828. The number of carbonyl (C=O) groups excluding carboxylic acids is 2. The van der Waals surface area contributed by atoms with Crippen molar-refractivity contribution < 1.29 is 23.5 Å². The summed E-state index contributed by atoms with van der Waals surface area (Å²) in [6, 6.07) is 6.81. The smallest absolute Gasteiger partial charge is 0.336 e. The van der Waals surface area contributed by atoms with Crippen LogP contribution in [0.1, 0.15) is 18.4 Å². The SMILES string of the molecule is CCOC(=O)C1=C(CSCCN)NC(CF)=C(C(=O)OC)C1c1ccccc1Cl. The molecule has 3 N–H and O–H groups in total. The lowest BCUT2D eigenvalue weighted by molar-refractivity contribution is -0.139. The zero-order valence-electron chi connectivity index (χ0n) is 16.3. The van der Waals surface area contributed by atoms with Gasteiger partial charge in [0.2, 0.25) is 0 Å². The first-order valence-electron chi connectivity index (χ1n) is 9.06. The number of hydrogen-bond acceptors (Lipinski definition) is 7. The lowest BCUT2D eigenvalue weighted by Crippen LogP contribution is -2.35. The summed E-state index contributed by atoms with van der Waals surface area (Å²) < 4.78 is 24.1. The molecule has 1 aromatic rings. The summed E-state index contributed by atoms with van der Waals surface area (Å²) in [5, 5.41) is 3.26. The van der Waals surface area contributed by atoms with Gasteiger partial charge >= 0.3 is 11.9 Å². The molecule has 29 heavy (non-hydrogen) atoms. The molecule has 0 saturated heterocycles. The molecule has 1 aliphatic heterocycles. The first kappa shape index (κ1) is 23.3. The molecule has 1 aromatic carbocycles. The van der Waals surface area contributed by atoms with Crippen LogP contribution in [0, 0.1) is 0 Å².